The molecule has 1 aromatic rings. The largest absolute Gasteiger partial charge is 0.444 e. The third-order valence-electron chi connectivity index (χ3n) is 5.22. The van der Waals surface area contributed by atoms with Crippen LogP contribution in [0.15, 0.2) is 17.4 Å². The van der Waals surface area contributed by atoms with Crippen molar-refractivity contribution in [2.45, 2.75) is 52.7 Å². The summed E-state index contributed by atoms with van der Waals surface area (Å²) < 4.78 is 10.9. The Hall–Kier alpha value is -3.31. The van der Waals surface area contributed by atoms with E-state index in [9.17, 15) is 9.59 Å². The van der Waals surface area contributed by atoms with Crippen molar-refractivity contribution in [1.29, 1.82) is 0 Å². The van der Waals surface area contributed by atoms with Crippen LogP contribution in [0.5, 0.6) is 0 Å². The highest BCUT2D eigenvalue weighted by molar-refractivity contribution is 5.69. The second kappa shape index (κ2) is 11.0. The van der Waals surface area contributed by atoms with Crippen LogP contribution in [-0.2, 0) is 9.47 Å². The van der Waals surface area contributed by atoms with Crippen molar-refractivity contribution in [3.63, 3.8) is 0 Å². The van der Waals surface area contributed by atoms with Gasteiger partial charge in [0, 0.05) is 64.6 Å². The zero-order valence-electron chi connectivity index (χ0n) is 21.7. The molecule has 2 amide bonds. The molecule has 0 atom stereocenters. The monoisotopic (exact) mass is 490 g/mol. The Kier molecular flexibility index (Phi) is 8.23. The number of nitrogens with zero attached hydrogens (tertiary/aromatic N) is 7. The fraction of sp³-hybridized carbons (Fsp3) is 0.696. The lowest BCUT2D eigenvalue weighted by Gasteiger charge is -2.35. The lowest BCUT2D eigenvalue weighted by atomic mass is 10.2. The van der Waals surface area contributed by atoms with Crippen molar-refractivity contribution in [2.75, 3.05) is 62.7 Å². The molecule has 0 saturated carbocycles. The number of hydrazone groups is 1. The summed E-state index contributed by atoms with van der Waals surface area (Å²) >= 11 is 0. The van der Waals surface area contributed by atoms with Gasteiger partial charge in [-0.2, -0.15) is 10.1 Å². The van der Waals surface area contributed by atoms with E-state index in [-0.39, 0.29) is 12.2 Å². The molecule has 1 aromatic heterocycles. The summed E-state index contributed by atoms with van der Waals surface area (Å²) in [4.78, 5) is 40.8. The van der Waals surface area contributed by atoms with Crippen molar-refractivity contribution < 1.29 is 19.1 Å². The minimum absolute atomic E-state index is 0.285. The van der Waals surface area contributed by atoms with Gasteiger partial charge in [-0.1, -0.05) is 0 Å². The lowest BCUT2D eigenvalue weighted by Crippen LogP contribution is -2.50. The van der Waals surface area contributed by atoms with E-state index in [2.05, 4.69) is 20.5 Å². The molecule has 0 bridgehead atoms. The van der Waals surface area contributed by atoms with E-state index in [4.69, 9.17) is 9.47 Å². The summed E-state index contributed by atoms with van der Waals surface area (Å²) in [5.74, 6) is 1.16. The van der Waals surface area contributed by atoms with Crippen molar-refractivity contribution >= 4 is 30.3 Å². The topological polar surface area (TPSA) is 116 Å². The second-order valence-electron chi connectivity index (χ2n) is 10.6. The average molecular weight is 491 g/mol. The Morgan fingerprint density at radius 1 is 0.886 bits per heavy atom. The minimum atomic E-state index is -0.510. The first-order chi connectivity index (χ1) is 16.4. The van der Waals surface area contributed by atoms with Crippen LogP contribution in [0.3, 0.4) is 0 Å². The highest BCUT2D eigenvalue weighted by atomic mass is 16.6. The van der Waals surface area contributed by atoms with Crippen molar-refractivity contribution in [3.05, 3.63) is 12.3 Å². The van der Waals surface area contributed by atoms with Gasteiger partial charge < -0.3 is 29.1 Å². The molecule has 3 heterocycles. The molecule has 194 valence electrons. The summed E-state index contributed by atoms with van der Waals surface area (Å²) in [6.45, 7) is 16.0. The van der Waals surface area contributed by atoms with Gasteiger partial charge in [-0.05, 0) is 41.5 Å². The molecule has 1 N–H and O–H groups in total. The van der Waals surface area contributed by atoms with Gasteiger partial charge in [0.15, 0.2) is 5.82 Å². The summed E-state index contributed by atoms with van der Waals surface area (Å²) in [7, 11) is 0. The number of carbonyl (C=O) groups excluding carboxylic acids is 2. The first-order valence-corrected chi connectivity index (χ1v) is 12.0. The Bertz CT molecular complexity index is 896. The average Bonchev–Trinajstić information content (AvgIpc) is 2.77. The van der Waals surface area contributed by atoms with E-state index in [1.807, 2.05) is 51.3 Å². The zero-order valence-corrected chi connectivity index (χ0v) is 21.7. The summed E-state index contributed by atoms with van der Waals surface area (Å²) in [6, 6.07) is 1.75. The van der Waals surface area contributed by atoms with Crippen LogP contribution in [0.2, 0.25) is 0 Å². The molecule has 2 fully saturated rings. The molecular formula is C23H38N8O4. The van der Waals surface area contributed by atoms with Crippen LogP contribution in [0.4, 0.5) is 21.4 Å². The molecule has 2 aliphatic rings. The van der Waals surface area contributed by atoms with E-state index < -0.39 is 11.2 Å². The molecule has 35 heavy (non-hydrogen) atoms. The molecule has 0 spiro atoms. The molecular weight excluding hydrogens is 452 g/mol. The molecule has 12 nitrogen and oxygen atoms in total. The summed E-state index contributed by atoms with van der Waals surface area (Å²) in [5.41, 5.74) is 1.94. The maximum atomic E-state index is 12.3. The number of rotatable bonds is 4. The van der Waals surface area contributed by atoms with Crippen LogP contribution in [0, 0.1) is 0 Å². The molecule has 0 aliphatic carbocycles. The molecule has 2 saturated heterocycles. The molecule has 2 aliphatic heterocycles. The number of piperazine rings is 2. The number of anilines is 2. The van der Waals surface area contributed by atoms with Crippen molar-refractivity contribution in [2.24, 2.45) is 5.10 Å². The molecule has 0 radical (unpaired) electrons. The fourth-order valence-electron chi connectivity index (χ4n) is 3.50. The maximum absolute atomic E-state index is 12.3. The number of carbonyl (C=O) groups is 2. The van der Waals surface area contributed by atoms with E-state index in [1.54, 1.807) is 28.4 Å². The van der Waals surface area contributed by atoms with Gasteiger partial charge in [0.25, 0.3) is 0 Å². The van der Waals surface area contributed by atoms with Gasteiger partial charge in [-0.25, -0.2) is 14.6 Å². The molecule has 0 aromatic carbocycles. The summed E-state index contributed by atoms with van der Waals surface area (Å²) in [6.07, 6.45) is 2.82. The Morgan fingerprint density at radius 2 is 1.40 bits per heavy atom. The van der Waals surface area contributed by atoms with Gasteiger partial charge in [0.1, 0.15) is 17.5 Å². The second-order valence-corrected chi connectivity index (χ2v) is 10.6. The Balaban J connectivity index is 1.44. The van der Waals surface area contributed by atoms with Crippen LogP contribution in [-0.4, -0.2) is 107 Å². The van der Waals surface area contributed by atoms with Crippen LogP contribution in [0.25, 0.3) is 0 Å². The standard InChI is InChI=1S/C23H38N8O4/c1-22(2,3)34-20(32)30-11-9-28(10-12-30)17-25-27-18-7-8-24-19(26-18)29-13-15-31(16-14-29)21(33)35-23(4,5)6/h7-8,17H,9-16H2,1-6H3,(H,24,26,27)/b25-17+. The van der Waals surface area contributed by atoms with E-state index in [0.29, 0.717) is 64.1 Å². The third-order valence-corrected chi connectivity index (χ3v) is 5.22. The van der Waals surface area contributed by atoms with Gasteiger partial charge in [-0.15, -0.1) is 0 Å². The van der Waals surface area contributed by atoms with Gasteiger partial charge in [0.05, 0.1) is 0 Å². The first kappa shape index (κ1) is 26.3. The summed E-state index contributed by atoms with van der Waals surface area (Å²) in [5, 5.41) is 4.29. The number of hydrogen-bond acceptors (Lipinski definition) is 9. The highest BCUT2D eigenvalue weighted by Gasteiger charge is 2.27. The van der Waals surface area contributed by atoms with E-state index in [0.717, 1.165) is 0 Å². The van der Waals surface area contributed by atoms with Crippen molar-refractivity contribution in [1.82, 2.24) is 24.7 Å². The van der Waals surface area contributed by atoms with Crippen LogP contribution in [0.1, 0.15) is 41.5 Å². The van der Waals surface area contributed by atoms with E-state index >= 15 is 0 Å². The Morgan fingerprint density at radius 3 is 1.91 bits per heavy atom. The SMILES string of the molecule is CC(C)(C)OC(=O)N1CCN(/C=N/Nc2ccnc(N3CCN(C(=O)OC(C)(C)C)CC3)n2)CC1. The quantitative estimate of drug-likeness (QED) is 0.386. The van der Waals surface area contributed by atoms with Crippen molar-refractivity contribution in [3.8, 4) is 0 Å². The highest BCUT2D eigenvalue weighted by Crippen LogP contribution is 2.16. The smallest absolute Gasteiger partial charge is 0.410 e. The van der Waals surface area contributed by atoms with Crippen LogP contribution < -0.4 is 10.3 Å². The fourth-order valence-corrected chi connectivity index (χ4v) is 3.50. The Labute approximate surface area is 207 Å². The van der Waals surface area contributed by atoms with Gasteiger partial charge >= 0.3 is 12.2 Å². The number of hydrogen-bond donors (Lipinski definition) is 1. The maximum Gasteiger partial charge on any atom is 0.410 e. The third kappa shape index (κ3) is 8.45. The number of aromatic nitrogens is 2. The molecule has 0 unspecified atom stereocenters. The van der Waals surface area contributed by atoms with Gasteiger partial charge in [0.2, 0.25) is 5.95 Å². The predicted octanol–water partition coefficient (Wildman–Crippen LogP) is 2.44. The predicted molar refractivity (Wildman–Crippen MR) is 134 cm³/mol. The number of ether oxygens (including phenoxy) is 2. The van der Waals surface area contributed by atoms with E-state index in [1.165, 1.54) is 0 Å². The van der Waals surface area contributed by atoms with Crippen LogP contribution >= 0.6 is 0 Å². The molecule has 12 heteroatoms. The lowest BCUT2D eigenvalue weighted by molar-refractivity contribution is 0.0187. The number of nitrogens with one attached hydrogen (secondary N) is 1. The normalized spacial score (nSPS) is 17.5. The van der Waals surface area contributed by atoms with Gasteiger partial charge in [-0.3, -0.25) is 5.43 Å². The zero-order chi connectivity index (χ0) is 25.6. The number of amides is 2. The minimum Gasteiger partial charge on any atom is -0.444 e. The first-order valence-electron chi connectivity index (χ1n) is 12.0. The molecule has 3 rings (SSSR count).